The summed E-state index contributed by atoms with van der Waals surface area (Å²) in [6.07, 6.45) is 4.65. The zero-order valence-corrected chi connectivity index (χ0v) is 14.4. The van der Waals surface area contributed by atoms with Crippen molar-refractivity contribution in [1.82, 2.24) is 19.7 Å². The van der Waals surface area contributed by atoms with Gasteiger partial charge in [0.05, 0.1) is 11.9 Å². The SMILES string of the molecule is CN(C)CCCn1ncc2c1CCCc1c-2[nH]c(=O)c(C(=O)O)c1O. The summed E-state index contributed by atoms with van der Waals surface area (Å²) >= 11 is 0. The Morgan fingerprint density at radius 3 is 2.84 bits per heavy atom. The quantitative estimate of drug-likeness (QED) is 0.747. The Bertz CT molecular complexity index is 866. The summed E-state index contributed by atoms with van der Waals surface area (Å²) in [6, 6.07) is 0. The molecule has 0 bridgehead atoms. The Morgan fingerprint density at radius 1 is 1.40 bits per heavy atom. The highest BCUT2D eigenvalue weighted by Gasteiger charge is 2.27. The van der Waals surface area contributed by atoms with Gasteiger partial charge in [-0.25, -0.2) is 4.79 Å². The zero-order chi connectivity index (χ0) is 18.1. The Hall–Kier alpha value is -2.61. The summed E-state index contributed by atoms with van der Waals surface area (Å²) in [7, 11) is 4.04. The van der Waals surface area contributed by atoms with Gasteiger partial charge in [-0.1, -0.05) is 0 Å². The lowest BCUT2D eigenvalue weighted by molar-refractivity contribution is 0.0691. The number of aromatic hydroxyl groups is 1. The second kappa shape index (κ2) is 6.72. The molecule has 8 nitrogen and oxygen atoms in total. The molecule has 0 spiro atoms. The van der Waals surface area contributed by atoms with Gasteiger partial charge in [0.2, 0.25) is 0 Å². The minimum Gasteiger partial charge on any atom is -0.506 e. The number of carboxylic acid groups (broad SMARTS) is 1. The van der Waals surface area contributed by atoms with Gasteiger partial charge in [-0.15, -0.1) is 0 Å². The number of rotatable bonds is 5. The summed E-state index contributed by atoms with van der Waals surface area (Å²) in [6.45, 7) is 1.72. The maximum absolute atomic E-state index is 12.1. The van der Waals surface area contributed by atoms with Crippen LogP contribution in [0, 0.1) is 0 Å². The molecule has 25 heavy (non-hydrogen) atoms. The lowest BCUT2D eigenvalue weighted by Crippen LogP contribution is -2.19. The molecule has 3 N–H and O–H groups in total. The van der Waals surface area contributed by atoms with Crippen LogP contribution in [-0.2, 0) is 19.4 Å². The molecule has 0 atom stereocenters. The van der Waals surface area contributed by atoms with Gasteiger partial charge >= 0.3 is 5.97 Å². The molecule has 0 saturated carbocycles. The van der Waals surface area contributed by atoms with E-state index in [1.165, 1.54) is 0 Å². The maximum atomic E-state index is 12.1. The normalized spacial score (nSPS) is 13.4. The molecule has 2 heterocycles. The highest BCUT2D eigenvalue weighted by atomic mass is 16.4. The van der Waals surface area contributed by atoms with E-state index in [9.17, 15) is 14.7 Å². The van der Waals surface area contributed by atoms with Crippen LogP contribution in [0.2, 0.25) is 0 Å². The van der Waals surface area contributed by atoms with E-state index in [1.54, 1.807) is 6.20 Å². The van der Waals surface area contributed by atoms with Gasteiger partial charge in [0, 0.05) is 23.4 Å². The number of hydrogen-bond acceptors (Lipinski definition) is 5. The fourth-order valence-corrected chi connectivity index (χ4v) is 3.35. The molecule has 134 valence electrons. The van der Waals surface area contributed by atoms with Crippen LogP contribution in [-0.4, -0.2) is 56.5 Å². The average molecular weight is 346 g/mol. The minimum absolute atomic E-state index is 0.431. The van der Waals surface area contributed by atoms with Crippen molar-refractivity contribution >= 4 is 5.97 Å². The van der Waals surface area contributed by atoms with Crippen LogP contribution in [0.15, 0.2) is 11.0 Å². The largest absolute Gasteiger partial charge is 0.506 e. The van der Waals surface area contributed by atoms with Crippen molar-refractivity contribution in [3.63, 3.8) is 0 Å². The molecule has 0 saturated heterocycles. The molecule has 0 amide bonds. The number of aromatic carboxylic acids is 1. The lowest BCUT2D eigenvalue weighted by atomic mass is 10.0. The fraction of sp³-hybridized carbons (Fsp3) is 0.471. The molecule has 2 aromatic heterocycles. The van der Waals surface area contributed by atoms with Gasteiger partial charge in [0.15, 0.2) is 5.56 Å². The first-order valence-electron chi connectivity index (χ1n) is 8.31. The van der Waals surface area contributed by atoms with E-state index in [1.807, 2.05) is 18.8 Å². The summed E-state index contributed by atoms with van der Waals surface area (Å²) in [5, 5.41) is 23.9. The number of H-pyrrole nitrogens is 1. The molecule has 0 radical (unpaired) electrons. The number of hydrogen-bond donors (Lipinski definition) is 3. The van der Waals surface area contributed by atoms with Crippen molar-refractivity contribution in [2.75, 3.05) is 20.6 Å². The third-order valence-electron chi connectivity index (χ3n) is 4.54. The van der Waals surface area contributed by atoms with Crippen LogP contribution in [0.5, 0.6) is 5.75 Å². The molecule has 0 fully saturated rings. The van der Waals surface area contributed by atoms with Crippen molar-refractivity contribution in [3.8, 4) is 17.0 Å². The number of nitrogens with zero attached hydrogens (tertiary/aromatic N) is 3. The topological polar surface area (TPSA) is 111 Å². The van der Waals surface area contributed by atoms with Gasteiger partial charge < -0.3 is 20.1 Å². The summed E-state index contributed by atoms with van der Waals surface area (Å²) < 4.78 is 1.94. The van der Waals surface area contributed by atoms with E-state index in [-0.39, 0.29) is 0 Å². The summed E-state index contributed by atoms with van der Waals surface area (Å²) in [5.74, 6) is -1.86. The van der Waals surface area contributed by atoms with E-state index < -0.39 is 22.8 Å². The number of carboxylic acids is 1. The van der Waals surface area contributed by atoms with E-state index in [2.05, 4.69) is 15.0 Å². The molecular weight excluding hydrogens is 324 g/mol. The Labute approximate surface area is 144 Å². The molecule has 1 aliphatic carbocycles. The maximum Gasteiger partial charge on any atom is 0.345 e. The van der Waals surface area contributed by atoms with Crippen LogP contribution in [0.4, 0.5) is 0 Å². The third kappa shape index (κ3) is 3.17. The van der Waals surface area contributed by atoms with Crippen molar-refractivity contribution in [1.29, 1.82) is 0 Å². The second-order valence-electron chi connectivity index (χ2n) is 6.57. The van der Waals surface area contributed by atoms with Gasteiger partial charge in [0.1, 0.15) is 5.75 Å². The van der Waals surface area contributed by atoms with E-state index in [4.69, 9.17) is 5.11 Å². The van der Waals surface area contributed by atoms with Gasteiger partial charge in [-0.2, -0.15) is 5.10 Å². The fourth-order valence-electron chi connectivity index (χ4n) is 3.35. The average Bonchev–Trinajstić information content (AvgIpc) is 2.82. The number of aromatic nitrogens is 3. The molecular formula is C17H22N4O4. The predicted molar refractivity (Wildman–Crippen MR) is 92.1 cm³/mol. The monoisotopic (exact) mass is 346 g/mol. The first kappa shape index (κ1) is 17.2. The summed E-state index contributed by atoms with van der Waals surface area (Å²) in [5.41, 5.74) is 1.34. The first-order chi connectivity index (χ1) is 11.9. The number of fused-ring (bicyclic) bond motifs is 3. The van der Waals surface area contributed by atoms with Gasteiger partial charge in [-0.3, -0.25) is 9.48 Å². The molecule has 0 aromatic carbocycles. The van der Waals surface area contributed by atoms with Crippen molar-refractivity contribution in [3.05, 3.63) is 33.4 Å². The molecule has 0 aliphatic heterocycles. The first-order valence-corrected chi connectivity index (χ1v) is 8.31. The Morgan fingerprint density at radius 2 is 2.16 bits per heavy atom. The molecule has 3 rings (SSSR count). The van der Waals surface area contributed by atoms with Gasteiger partial charge in [-0.05, 0) is 46.3 Å². The van der Waals surface area contributed by atoms with Crippen molar-refractivity contribution in [2.24, 2.45) is 0 Å². The Balaban J connectivity index is 2.04. The minimum atomic E-state index is -1.43. The number of aryl methyl sites for hydroxylation is 1. The lowest BCUT2D eigenvalue weighted by Gasteiger charge is -2.11. The van der Waals surface area contributed by atoms with Crippen molar-refractivity contribution in [2.45, 2.75) is 32.2 Å². The molecule has 0 unspecified atom stereocenters. The standard InChI is InChI=1S/C17H22N4O4/c1-20(2)7-4-8-21-12-6-3-5-10-14(11(12)9-18-21)19-16(23)13(15(10)22)17(24)25/h9H,3-8H2,1-2H3,(H,24,25)(H2,19,22,23). The highest BCUT2D eigenvalue weighted by Crippen LogP contribution is 2.35. The number of aromatic amines is 1. The van der Waals surface area contributed by atoms with Crippen LogP contribution in [0.1, 0.15) is 34.5 Å². The molecule has 8 heteroatoms. The van der Waals surface area contributed by atoms with E-state index >= 15 is 0 Å². The molecule has 1 aliphatic rings. The van der Waals surface area contributed by atoms with E-state index in [0.29, 0.717) is 17.7 Å². The Kier molecular flexibility index (Phi) is 4.63. The van der Waals surface area contributed by atoms with Crippen LogP contribution in [0.25, 0.3) is 11.3 Å². The summed E-state index contributed by atoms with van der Waals surface area (Å²) in [4.78, 5) is 28.1. The number of nitrogens with one attached hydrogen (secondary N) is 1. The van der Waals surface area contributed by atoms with Crippen molar-refractivity contribution < 1.29 is 15.0 Å². The second-order valence-corrected chi connectivity index (χ2v) is 6.57. The van der Waals surface area contributed by atoms with Crippen LogP contribution >= 0.6 is 0 Å². The predicted octanol–water partition coefficient (Wildman–Crippen LogP) is 1.08. The van der Waals surface area contributed by atoms with Crippen LogP contribution in [0.3, 0.4) is 0 Å². The smallest absolute Gasteiger partial charge is 0.345 e. The third-order valence-corrected chi connectivity index (χ3v) is 4.54. The highest BCUT2D eigenvalue weighted by molar-refractivity contribution is 5.92. The number of pyridine rings is 1. The molecule has 2 aromatic rings. The van der Waals surface area contributed by atoms with E-state index in [0.717, 1.165) is 43.6 Å². The zero-order valence-electron chi connectivity index (χ0n) is 14.4. The van der Waals surface area contributed by atoms with Crippen LogP contribution < -0.4 is 5.56 Å². The number of carbonyl (C=O) groups is 1. The van der Waals surface area contributed by atoms with Gasteiger partial charge in [0.25, 0.3) is 5.56 Å².